The average Bonchev–Trinajstić information content (AvgIpc) is 2.19. The molecule has 0 aliphatic carbocycles. The van der Waals surface area contributed by atoms with Gasteiger partial charge in [0, 0.05) is 19.1 Å². The molecule has 1 rings (SSSR count). The Morgan fingerprint density at radius 1 is 1.46 bits per heavy atom. The molecule has 0 fully saturated rings. The van der Waals surface area contributed by atoms with Crippen molar-refractivity contribution in [2.45, 2.75) is 12.2 Å². The quantitative estimate of drug-likeness (QED) is 0.513. The minimum Gasteiger partial charge on any atom is -0.347 e. The lowest BCUT2D eigenvalue weighted by Gasteiger charge is -2.22. The van der Waals surface area contributed by atoms with Crippen molar-refractivity contribution in [3.8, 4) is 0 Å². The van der Waals surface area contributed by atoms with E-state index in [1.54, 1.807) is 18.2 Å². The van der Waals surface area contributed by atoms with Crippen LogP contribution in [0.25, 0.3) is 0 Å². The van der Waals surface area contributed by atoms with Crippen molar-refractivity contribution in [2.24, 2.45) is 0 Å². The van der Waals surface area contributed by atoms with Crippen LogP contribution >= 0.6 is 0 Å². The third-order valence-corrected chi connectivity index (χ3v) is 1.96. The fourth-order valence-corrected chi connectivity index (χ4v) is 1.20. The summed E-state index contributed by atoms with van der Waals surface area (Å²) in [5.74, 6) is -1.48. The number of hydrogen-bond donors (Lipinski definition) is 0. The van der Waals surface area contributed by atoms with Crippen LogP contribution in [-0.2, 0) is 15.6 Å². The van der Waals surface area contributed by atoms with E-state index in [0.29, 0.717) is 5.56 Å². The van der Waals surface area contributed by atoms with Gasteiger partial charge in [0.25, 0.3) is 0 Å². The van der Waals surface area contributed by atoms with Gasteiger partial charge in [0.2, 0.25) is 5.79 Å². The molecule has 0 N–H and O–H groups in total. The molecule has 0 amide bonds. The first-order valence-corrected chi connectivity index (χ1v) is 4.15. The van der Waals surface area contributed by atoms with E-state index in [0.717, 1.165) is 0 Å². The van der Waals surface area contributed by atoms with E-state index < -0.39 is 5.79 Å². The van der Waals surface area contributed by atoms with Gasteiger partial charge in [-0.3, -0.25) is 0 Å². The van der Waals surface area contributed by atoms with Gasteiger partial charge >= 0.3 is 0 Å². The average molecular weight is 177 g/mol. The number of methoxy groups -OCH3 is 1. The Bertz CT molecular complexity index is 269. The standard InChI is InChI=1S/C11H13O2/c1-3-9-11(12,13-2)10-7-5-4-6-8-10/h3-8H,1,9H2,2H3. The Morgan fingerprint density at radius 3 is 2.54 bits per heavy atom. The molecule has 1 aromatic carbocycles. The molecule has 1 radical (unpaired) electrons. The Morgan fingerprint density at radius 2 is 2.08 bits per heavy atom. The van der Waals surface area contributed by atoms with E-state index in [2.05, 4.69) is 6.58 Å². The molecule has 1 aromatic rings. The molecule has 1 unspecified atom stereocenters. The van der Waals surface area contributed by atoms with Gasteiger partial charge in [0.05, 0.1) is 0 Å². The summed E-state index contributed by atoms with van der Waals surface area (Å²) in [6, 6.07) is 9.04. The molecule has 1 atom stereocenters. The van der Waals surface area contributed by atoms with Gasteiger partial charge in [-0.15, -0.1) is 6.58 Å². The zero-order valence-electron chi connectivity index (χ0n) is 7.69. The lowest BCUT2D eigenvalue weighted by atomic mass is 10.0. The van der Waals surface area contributed by atoms with Crippen molar-refractivity contribution < 1.29 is 9.84 Å². The summed E-state index contributed by atoms with van der Waals surface area (Å²) in [5, 5.41) is 12.0. The lowest BCUT2D eigenvalue weighted by Crippen LogP contribution is -2.25. The third kappa shape index (κ3) is 2.17. The third-order valence-electron chi connectivity index (χ3n) is 1.96. The van der Waals surface area contributed by atoms with Crippen molar-refractivity contribution >= 4 is 0 Å². The van der Waals surface area contributed by atoms with Gasteiger partial charge in [0.1, 0.15) is 0 Å². The monoisotopic (exact) mass is 177 g/mol. The summed E-state index contributed by atoms with van der Waals surface area (Å²) in [4.78, 5) is 0. The van der Waals surface area contributed by atoms with E-state index in [1.807, 2.05) is 18.2 Å². The Kier molecular flexibility index (Phi) is 3.23. The zero-order valence-corrected chi connectivity index (χ0v) is 7.69. The molecule has 0 saturated carbocycles. The summed E-state index contributed by atoms with van der Waals surface area (Å²) in [6.45, 7) is 3.54. The topological polar surface area (TPSA) is 29.1 Å². The van der Waals surface area contributed by atoms with Crippen molar-refractivity contribution in [2.75, 3.05) is 7.11 Å². The summed E-state index contributed by atoms with van der Waals surface area (Å²) in [6.07, 6.45) is 1.84. The molecule has 0 spiro atoms. The fourth-order valence-electron chi connectivity index (χ4n) is 1.20. The van der Waals surface area contributed by atoms with Crippen molar-refractivity contribution in [1.82, 2.24) is 0 Å². The van der Waals surface area contributed by atoms with Crippen LogP contribution in [0.4, 0.5) is 0 Å². The van der Waals surface area contributed by atoms with E-state index in [9.17, 15) is 5.11 Å². The first-order valence-electron chi connectivity index (χ1n) is 4.15. The smallest absolute Gasteiger partial charge is 0.231 e. The predicted molar refractivity (Wildman–Crippen MR) is 50.6 cm³/mol. The highest BCUT2D eigenvalue weighted by atomic mass is 16.6. The second-order valence-corrected chi connectivity index (χ2v) is 2.82. The van der Waals surface area contributed by atoms with E-state index >= 15 is 0 Å². The van der Waals surface area contributed by atoms with E-state index in [4.69, 9.17) is 4.74 Å². The van der Waals surface area contributed by atoms with Crippen molar-refractivity contribution in [3.63, 3.8) is 0 Å². The highest BCUT2D eigenvalue weighted by molar-refractivity contribution is 5.20. The first kappa shape index (κ1) is 9.96. The molecule has 0 aliphatic rings. The Balaban J connectivity index is 2.95. The molecule has 0 aromatic heterocycles. The number of rotatable bonds is 4. The van der Waals surface area contributed by atoms with Crippen LogP contribution in [0, 0.1) is 0 Å². The fraction of sp³-hybridized carbons (Fsp3) is 0.273. The molecule has 0 saturated heterocycles. The second kappa shape index (κ2) is 4.21. The number of benzene rings is 1. The molecular formula is C11H13O2. The predicted octanol–water partition coefficient (Wildman–Crippen LogP) is 2.49. The Hall–Kier alpha value is -1.12. The summed E-state index contributed by atoms with van der Waals surface area (Å²) in [5.41, 5.74) is 0.636. The maximum atomic E-state index is 12.0. The van der Waals surface area contributed by atoms with Crippen molar-refractivity contribution in [3.05, 3.63) is 48.6 Å². The van der Waals surface area contributed by atoms with Crippen LogP contribution in [-0.4, -0.2) is 7.11 Å². The molecule has 2 heteroatoms. The number of ether oxygens (including phenoxy) is 1. The minimum atomic E-state index is -1.48. The van der Waals surface area contributed by atoms with E-state index in [1.165, 1.54) is 7.11 Å². The molecule has 69 valence electrons. The van der Waals surface area contributed by atoms with Crippen molar-refractivity contribution in [1.29, 1.82) is 0 Å². The van der Waals surface area contributed by atoms with Crippen LogP contribution in [0.3, 0.4) is 0 Å². The summed E-state index contributed by atoms with van der Waals surface area (Å²) in [7, 11) is 1.42. The lowest BCUT2D eigenvalue weighted by molar-refractivity contribution is -0.232. The van der Waals surface area contributed by atoms with E-state index in [-0.39, 0.29) is 6.42 Å². The maximum Gasteiger partial charge on any atom is 0.231 e. The number of hydrogen-bond acceptors (Lipinski definition) is 1. The van der Waals surface area contributed by atoms with Gasteiger partial charge in [-0.1, -0.05) is 36.4 Å². The van der Waals surface area contributed by atoms with Crippen LogP contribution < -0.4 is 0 Å². The molecule has 0 heterocycles. The van der Waals surface area contributed by atoms with Crippen LogP contribution in [0.5, 0.6) is 0 Å². The van der Waals surface area contributed by atoms with Crippen LogP contribution in [0.2, 0.25) is 0 Å². The molecular weight excluding hydrogens is 164 g/mol. The molecule has 0 bridgehead atoms. The minimum absolute atomic E-state index is 0.271. The molecule has 2 nitrogen and oxygen atoms in total. The normalized spacial score (nSPS) is 14.9. The zero-order chi connectivity index (χ0) is 9.73. The molecule has 0 aliphatic heterocycles. The highest BCUT2D eigenvalue weighted by Crippen LogP contribution is 2.26. The van der Waals surface area contributed by atoms with Crippen LogP contribution in [0.15, 0.2) is 43.0 Å². The largest absolute Gasteiger partial charge is 0.347 e. The SMILES string of the molecule is C=CCC([O])(OC)c1ccccc1. The maximum absolute atomic E-state index is 12.0. The highest BCUT2D eigenvalue weighted by Gasteiger charge is 2.29. The Labute approximate surface area is 78.5 Å². The first-order chi connectivity index (χ1) is 6.23. The van der Waals surface area contributed by atoms with Gasteiger partial charge in [-0.25, -0.2) is 0 Å². The van der Waals surface area contributed by atoms with Gasteiger partial charge in [-0.2, -0.15) is 5.11 Å². The van der Waals surface area contributed by atoms with Gasteiger partial charge in [0.15, 0.2) is 0 Å². The van der Waals surface area contributed by atoms with Gasteiger partial charge in [-0.05, 0) is 0 Å². The summed E-state index contributed by atoms with van der Waals surface area (Å²) < 4.78 is 4.94. The van der Waals surface area contributed by atoms with Crippen LogP contribution in [0.1, 0.15) is 12.0 Å². The van der Waals surface area contributed by atoms with Gasteiger partial charge < -0.3 is 4.74 Å². The summed E-state index contributed by atoms with van der Waals surface area (Å²) >= 11 is 0. The second-order valence-electron chi connectivity index (χ2n) is 2.82. The molecule has 13 heavy (non-hydrogen) atoms.